The van der Waals surface area contributed by atoms with E-state index in [9.17, 15) is 14.4 Å². The molecule has 3 N–H and O–H groups in total. The fraction of sp³-hybridized carbons (Fsp3) is 0. The number of aromatic nitrogens is 2. The van der Waals surface area contributed by atoms with Gasteiger partial charge in [0, 0.05) is 6.20 Å². The standard InChI is InChI=1S/C5H4N3O3/c6-4(10)8-2-1-3(9)7-5(8)11/h2H,(H2,6,10)(H,7,9,11). The van der Waals surface area contributed by atoms with E-state index < -0.39 is 17.3 Å². The van der Waals surface area contributed by atoms with E-state index in [1.165, 1.54) is 0 Å². The SMILES string of the molecule is NC(=O)n1c[c]c(=O)[nH]c1=O. The van der Waals surface area contributed by atoms with E-state index in [1.807, 2.05) is 4.98 Å². The molecule has 6 nitrogen and oxygen atoms in total. The molecule has 1 radical (unpaired) electrons. The van der Waals surface area contributed by atoms with Gasteiger partial charge in [0.2, 0.25) is 0 Å². The quantitative estimate of drug-likeness (QED) is 0.464. The number of carbonyl (C=O) groups is 1. The first-order chi connectivity index (χ1) is 5.11. The van der Waals surface area contributed by atoms with Crippen molar-refractivity contribution in [3.63, 3.8) is 0 Å². The van der Waals surface area contributed by atoms with Crippen LogP contribution in [0.25, 0.3) is 0 Å². The Morgan fingerprint density at radius 1 is 1.64 bits per heavy atom. The summed E-state index contributed by atoms with van der Waals surface area (Å²) in [6.07, 6.45) is 0.892. The van der Waals surface area contributed by atoms with E-state index in [1.54, 1.807) is 0 Å². The number of primary amides is 1. The van der Waals surface area contributed by atoms with Crippen LogP contribution >= 0.6 is 0 Å². The van der Waals surface area contributed by atoms with Gasteiger partial charge < -0.3 is 5.73 Å². The fourth-order valence-corrected chi connectivity index (χ4v) is 0.539. The van der Waals surface area contributed by atoms with Gasteiger partial charge in [-0.05, 0) is 0 Å². The molecule has 0 spiro atoms. The monoisotopic (exact) mass is 154 g/mol. The molecule has 0 aliphatic carbocycles. The zero-order valence-corrected chi connectivity index (χ0v) is 5.33. The Labute approximate surface area is 60.3 Å². The number of nitrogens with one attached hydrogen (secondary N) is 1. The van der Waals surface area contributed by atoms with Crippen molar-refractivity contribution >= 4 is 6.03 Å². The lowest BCUT2D eigenvalue weighted by molar-refractivity contribution is 0.249. The number of amides is 1. The summed E-state index contributed by atoms with van der Waals surface area (Å²) in [5, 5.41) is 0. The Balaban J connectivity index is 3.43. The van der Waals surface area contributed by atoms with Crippen LogP contribution in [0.3, 0.4) is 0 Å². The summed E-state index contributed by atoms with van der Waals surface area (Å²) in [4.78, 5) is 33.2. The summed E-state index contributed by atoms with van der Waals surface area (Å²) >= 11 is 0. The Morgan fingerprint density at radius 2 is 2.27 bits per heavy atom. The minimum atomic E-state index is -0.956. The molecule has 1 rings (SSSR count). The number of hydrogen-bond acceptors (Lipinski definition) is 3. The fourth-order valence-electron chi connectivity index (χ4n) is 0.539. The number of carbonyl (C=O) groups excluding carboxylic acids is 1. The van der Waals surface area contributed by atoms with Gasteiger partial charge in [-0.1, -0.05) is 0 Å². The highest BCUT2D eigenvalue weighted by molar-refractivity contribution is 5.73. The third-order valence-electron chi connectivity index (χ3n) is 1.00. The normalized spacial score (nSPS) is 9.45. The van der Waals surface area contributed by atoms with Crippen molar-refractivity contribution in [3.8, 4) is 0 Å². The summed E-state index contributed by atoms with van der Waals surface area (Å²) in [5.74, 6) is 0. The summed E-state index contributed by atoms with van der Waals surface area (Å²) < 4.78 is 0.543. The second kappa shape index (κ2) is 2.41. The minimum absolute atomic E-state index is 0.543. The lowest BCUT2D eigenvalue weighted by atomic mass is 10.6. The van der Waals surface area contributed by atoms with Crippen molar-refractivity contribution in [1.82, 2.24) is 9.55 Å². The molecule has 1 amide bonds. The van der Waals surface area contributed by atoms with Crippen molar-refractivity contribution in [2.75, 3.05) is 0 Å². The highest BCUT2D eigenvalue weighted by Gasteiger charge is 1.99. The molecular formula is C5H4N3O3. The van der Waals surface area contributed by atoms with Crippen LogP contribution < -0.4 is 17.0 Å². The van der Waals surface area contributed by atoms with Gasteiger partial charge >= 0.3 is 11.7 Å². The van der Waals surface area contributed by atoms with E-state index in [-0.39, 0.29) is 0 Å². The van der Waals surface area contributed by atoms with Crippen LogP contribution in [-0.2, 0) is 0 Å². The zero-order chi connectivity index (χ0) is 8.43. The molecule has 0 aliphatic rings. The number of nitrogens with zero attached hydrogens (tertiary/aromatic N) is 1. The molecule has 11 heavy (non-hydrogen) atoms. The highest BCUT2D eigenvalue weighted by Crippen LogP contribution is 1.68. The largest absolute Gasteiger partial charge is 0.351 e. The Hall–Kier alpha value is -1.85. The van der Waals surface area contributed by atoms with Crippen LogP contribution in [-0.4, -0.2) is 15.6 Å². The summed E-state index contributed by atoms with van der Waals surface area (Å²) in [7, 11) is 0. The van der Waals surface area contributed by atoms with E-state index in [0.717, 1.165) is 6.20 Å². The smallest absolute Gasteiger partial charge is 0.336 e. The first-order valence-corrected chi connectivity index (χ1v) is 2.65. The van der Waals surface area contributed by atoms with E-state index in [2.05, 4.69) is 6.07 Å². The van der Waals surface area contributed by atoms with Crippen molar-refractivity contribution in [1.29, 1.82) is 0 Å². The third kappa shape index (κ3) is 1.34. The maximum atomic E-state index is 10.7. The van der Waals surface area contributed by atoms with Crippen molar-refractivity contribution in [2.45, 2.75) is 0 Å². The lowest BCUT2D eigenvalue weighted by Gasteiger charge is -1.94. The van der Waals surface area contributed by atoms with Crippen molar-refractivity contribution in [3.05, 3.63) is 33.1 Å². The number of rotatable bonds is 0. The number of nitrogens with two attached hydrogens (primary N) is 1. The maximum absolute atomic E-state index is 10.7. The second-order valence-corrected chi connectivity index (χ2v) is 1.74. The van der Waals surface area contributed by atoms with Crippen molar-refractivity contribution < 1.29 is 4.79 Å². The molecule has 57 valence electrons. The molecule has 0 bridgehead atoms. The Bertz CT molecular complexity index is 388. The molecule has 1 heterocycles. The second-order valence-electron chi connectivity index (χ2n) is 1.74. The van der Waals surface area contributed by atoms with E-state index >= 15 is 0 Å². The van der Waals surface area contributed by atoms with Crippen LogP contribution in [0.2, 0.25) is 0 Å². The van der Waals surface area contributed by atoms with Crippen LogP contribution in [0, 0.1) is 6.07 Å². The van der Waals surface area contributed by atoms with Gasteiger partial charge in [0.1, 0.15) is 0 Å². The Kier molecular flexibility index (Phi) is 1.59. The van der Waals surface area contributed by atoms with E-state index in [4.69, 9.17) is 5.73 Å². The predicted molar refractivity (Wildman–Crippen MR) is 35.1 cm³/mol. The van der Waals surface area contributed by atoms with Gasteiger partial charge in [-0.25, -0.2) is 14.2 Å². The first-order valence-electron chi connectivity index (χ1n) is 2.65. The predicted octanol–water partition coefficient (Wildman–Crippen LogP) is -1.74. The molecule has 0 saturated heterocycles. The van der Waals surface area contributed by atoms with Gasteiger partial charge in [-0.15, -0.1) is 0 Å². The molecule has 0 fully saturated rings. The third-order valence-corrected chi connectivity index (χ3v) is 1.00. The summed E-state index contributed by atoms with van der Waals surface area (Å²) in [6.45, 7) is 0. The highest BCUT2D eigenvalue weighted by atomic mass is 16.2. The molecule has 6 heteroatoms. The van der Waals surface area contributed by atoms with Crippen molar-refractivity contribution in [2.24, 2.45) is 5.73 Å². The van der Waals surface area contributed by atoms with Gasteiger partial charge in [0.15, 0.2) is 0 Å². The molecule has 1 aromatic rings. The summed E-state index contributed by atoms with van der Waals surface area (Å²) in [5.41, 5.74) is 3.20. The molecule has 0 unspecified atom stereocenters. The molecule has 0 saturated carbocycles. The van der Waals surface area contributed by atoms with Gasteiger partial charge in [-0.2, -0.15) is 0 Å². The van der Waals surface area contributed by atoms with Crippen LogP contribution in [0.1, 0.15) is 0 Å². The average molecular weight is 154 g/mol. The van der Waals surface area contributed by atoms with Gasteiger partial charge in [-0.3, -0.25) is 9.78 Å². The van der Waals surface area contributed by atoms with Crippen LogP contribution in [0.15, 0.2) is 15.8 Å². The first kappa shape index (κ1) is 7.26. The Morgan fingerprint density at radius 3 is 2.73 bits per heavy atom. The summed E-state index contributed by atoms with van der Waals surface area (Å²) in [6, 6.07) is 1.12. The topological polar surface area (TPSA) is 97.9 Å². The number of H-pyrrole nitrogens is 1. The number of aromatic amines is 1. The maximum Gasteiger partial charge on any atom is 0.336 e. The van der Waals surface area contributed by atoms with Gasteiger partial charge in [0.05, 0.1) is 6.07 Å². The van der Waals surface area contributed by atoms with E-state index in [0.29, 0.717) is 4.57 Å². The minimum Gasteiger partial charge on any atom is -0.351 e. The van der Waals surface area contributed by atoms with Gasteiger partial charge in [0.25, 0.3) is 5.56 Å². The van der Waals surface area contributed by atoms with Crippen LogP contribution in [0.5, 0.6) is 0 Å². The molecule has 0 atom stereocenters. The van der Waals surface area contributed by atoms with Crippen LogP contribution in [0.4, 0.5) is 4.79 Å². The zero-order valence-electron chi connectivity index (χ0n) is 5.33. The lowest BCUT2D eigenvalue weighted by Crippen LogP contribution is -2.36. The molecule has 1 aromatic heterocycles. The molecular weight excluding hydrogens is 150 g/mol. The molecule has 0 aliphatic heterocycles. The molecule has 0 aromatic carbocycles. The number of hydrogen-bond donors (Lipinski definition) is 2. The average Bonchev–Trinajstić information content (AvgIpc) is 1.85.